The lowest BCUT2D eigenvalue weighted by Gasteiger charge is -2.24. The Hall–Kier alpha value is -2.15. The first-order valence-electron chi connectivity index (χ1n) is 9.76. The molecule has 1 saturated heterocycles. The van der Waals surface area contributed by atoms with Gasteiger partial charge in [0.2, 0.25) is 5.91 Å². The van der Waals surface area contributed by atoms with Gasteiger partial charge in [0, 0.05) is 37.8 Å². The van der Waals surface area contributed by atoms with Gasteiger partial charge in [0.25, 0.3) is 0 Å². The second-order valence-corrected chi connectivity index (χ2v) is 7.49. The fourth-order valence-electron chi connectivity index (χ4n) is 4.38. The lowest BCUT2D eigenvalue weighted by atomic mass is 10.0. The number of rotatable bonds is 5. The maximum absolute atomic E-state index is 12.6. The number of aromatic nitrogens is 3. The highest BCUT2D eigenvalue weighted by Gasteiger charge is 2.32. The van der Waals surface area contributed by atoms with Gasteiger partial charge < -0.3 is 20.5 Å². The Morgan fingerprint density at radius 2 is 2.23 bits per heavy atom. The third-order valence-corrected chi connectivity index (χ3v) is 5.85. The van der Waals surface area contributed by atoms with Gasteiger partial charge in [0.05, 0.1) is 5.39 Å². The van der Waals surface area contributed by atoms with E-state index >= 15 is 0 Å². The molecule has 3 heterocycles. The molecule has 0 bridgehead atoms. The SMILES string of the molecule is CNc1ncnc2c1ccn2C1CCC(C(=O)NCC2CCCCN2)C1. The summed E-state index contributed by atoms with van der Waals surface area (Å²) in [6.07, 6.45) is 10.2. The zero-order valence-electron chi connectivity index (χ0n) is 15.4. The molecule has 7 heteroatoms. The minimum atomic E-state index is 0.103. The highest BCUT2D eigenvalue weighted by Crippen LogP contribution is 2.37. The van der Waals surface area contributed by atoms with Crippen LogP contribution in [0.5, 0.6) is 0 Å². The van der Waals surface area contributed by atoms with Gasteiger partial charge >= 0.3 is 0 Å². The van der Waals surface area contributed by atoms with Crippen LogP contribution in [0, 0.1) is 5.92 Å². The summed E-state index contributed by atoms with van der Waals surface area (Å²) in [5.74, 6) is 1.16. The molecule has 140 valence electrons. The van der Waals surface area contributed by atoms with Gasteiger partial charge in [-0.1, -0.05) is 6.42 Å². The van der Waals surface area contributed by atoms with E-state index in [0.29, 0.717) is 12.1 Å². The zero-order chi connectivity index (χ0) is 17.9. The Bertz CT molecular complexity index is 766. The summed E-state index contributed by atoms with van der Waals surface area (Å²) in [6.45, 7) is 1.83. The molecular weight excluding hydrogens is 328 g/mol. The highest BCUT2D eigenvalue weighted by atomic mass is 16.1. The molecule has 7 nitrogen and oxygen atoms in total. The third kappa shape index (κ3) is 3.40. The van der Waals surface area contributed by atoms with Crippen LogP contribution in [0.2, 0.25) is 0 Å². The third-order valence-electron chi connectivity index (χ3n) is 5.85. The predicted octanol–water partition coefficient (Wildman–Crippen LogP) is 2.07. The van der Waals surface area contributed by atoms with Crippen molar-refractivity contribution < 1.29 is 4.79 Å². The summed E-state index contributed by atoms with van der Waals surface area (Å²) in [6, 6.07) is 2.83. The van der Waals surface area contributed by atoms with Gasteiger partial charge in [-0.2, -0.15) is 0 Å². The summed E-state index contributed by atoms with van der Waals surface area (Å²) in [5.41, 5.74) is 0.946. The van der Waals surface area contributed by atoms with Crippen molar-refractivity contribution in [2.45, 2.75) is 50.6 Å². The van der Waals surface area contributed by atoms with E-state index in [9.17, 15) is 4.79 Å². The van der Waals surface area contributed by atoms with Crippen LogP contribution in [0.25, 0.3) is 11.0 Å². The quantitative estimate of drug-likeness (QED) is 0.764. The molecule has 26 heavy (non-hydrogen) atoms. The van der Waals surface area contributed by atoms with Gasteiger partial charge in [-0.15, -0.1) is 0 Å². The molecular formula is C19H28N6O. The number of hydrogen-bond acceptors (Lipinski definition) is 5. The molecule has 0 spiro atoms. The summed E-state index contributed by atoms with van der Waals surface area (Å²) in [7, 11) is 1.87. The molecule has 1 amide bonds. The molecule has 1 saturated carbocycles. The lowest BCUT2D eigenvalue weighted by molar-refractivity contribution is -0.125. The fourth-order valence-corrected chi connectivity index (χ4v) is 4.38. The number of amides is 1. The average Bonchev–Trinajstić information content (AvgIpc) is 3.33. The number of piperidine rings is 1. The van der Waals surface area contributed by atoms with Gasteiger partial charge in [-0.3, -0.25) is 4.79 Å². The molecule has 3 atom stereocenters. The Labute approximate surface area is 154 Å². The van der Waals surface area contributed by atoms with Crippen molar-refractivity contribution in [2.75, 3.05) is 25.5 Å². The monoisotopic (exact) mass is 356 g/mol. The van der Waals surface area contributed by atoms with Crippen molar-refractivity contribution in [2.24, 2.45) is 5.92 Å². The van der Waals surface area contributed by atoms with Gasteiger partial charge in [0.1, 0.15) is 17.8 Å². The first kappa shape index (κ1) is 17.3. The maximum Gasteiger partial charge on any atom is 0.223 e. The standard InChI is InChI=1S/C19H28N6O/c1-20-17-16-7-9-25(18(16)24-12-23-17)15-6-5-13(10-15)19(26)22-11-14-4-2-3-8-21-14/h7,9,12-15,21H,2-6,8,10-11H2,1H3,(H,22,26)(H,20,23,24). The van der Waals surface area contributed by atoms with Crippen LogP contribution in [-0.2, 0) is 4.79 Å². The average molecular weight is 356 g/mol. The molecule has 2 aromatic rings. The molecule has 3 N–H and O–H groups in total. The number of carbonyl (C=O) groups excluding carboxylic acids is 1. The summed E-state index contributed by atoms with van der Waals surface area (Å²) in [4.78, 5) is 21.3. The largest absolute Gasteiger partial charge is 0.372 e. The van der Waals surface area contributed by atoms with E-state index in [1.54, 1.807) is 6.33 Å². The van der Waals surface area contributed by atoms with Crippen LogP contribution < -0.4 is 16.0 Å². The van der Waals surface area contributed by atoms with E-state index in [-0.39, 0.29) is 11.8 Å². The topological polar surface area (TPSA) is 83.9 Å². The smallest absolute Gasteiger partial charge is 0.223 e. The Balaban J connectivity index is 1.38. The van der Waals surface area contributed by atoms with E-state index < -0.39 is 0 Å². The first-order valence-corrected chi connectivity index (χ1v) is 9.76. The number of fused-ring (bicyclic) bond motifs is 1. The summed E-state index contributed by atoms with van der Waals surface area (Å²) < 4.78 is 2.22. The number of carbonyl (C=O) groups is 1. The minimum Gasteiger partial charge on any atom is -0.372 e. The van der Waals surface area contributed by atoms with Crippen LogP contribution in [0.3, 0.4) is 0 Å². The van der Waals surface area contributed by atoms with Gasteiger partial charge in [-0.25, -0.2) is 9.97 Å². The molecule has 3 unspecified atom stereocenters. The predicted molar refractivity (Wildman–Crippen MR) is 102 cm³/mol. The van der Waals surface area contributed by atoms with Crippen molar-refractivity contribution in [3.8, 4) is 0 Å². The van der Waals surface area contributed by atoms with Gasteiger partial charge in [-0.05, 0) is 44.7 Å². The van der Waals surface area contributed by atoms with E-state index in [1.807, 2.05) is 7.05 Å². The number of nitrogens with one attached hydrogen (secondary N) is 3. The van der Waals surface area contributed by atoms with Crippen LogP contribution in [0.4, 0.5) is 5.82 Å². The summed E-state index contributed by atoms with van der Waals surface area (Å²) in [5, 5.41) is 10.8. The second-order valence-electron chi connectivity index (χ2n) is 7.49. The molecule has 4 rings (SSSR count). The fraction of sp³-hybridized carbons (Fsp3) is 0.632. The van der Waals surface area contributed by atoms with E-state index in [0.717, 1.165) is 55.6 Å². The van der Waals surface area contributed by atoms with Crippen molar-refractivity contribution in [3.05, 3.63) is 18.6 Å². The molecule has 2 aliphatic rings. The molecule has 0 radical (unpaired) electrons. The van der Waals surface area contributed by atoms with Crippen molar-refractivity contribution >= 4 is 22.8 Å². The normalized spacial score (nSPS) is 26.1. The zero-order valence-corrected chi connectivity index (χ0v) is 15.4. The maximum atomic E-state index is 12.6. The summed E-state index contributed by atoms with van der Waals surface area (Å²) >= 11 is 0. The van der Waals surface area contributed by atoms with Crippen LogP contribution >= 0.6 is 0 Å². The lowest BCUT2D eigenvalue weighted by Crippen LogP contribution is -2.44. The van der Waals surface area contributed by atoms with E-state index in [4.69, 9.17) is 0 Å². The Morgan fingerprint density at radius 1 is 1.31 bits per heavy atom. The van der Waals surface area contributed by atoms with Crippen molar-refractivity contribution in [1.29, 1.82) is 0 Å². The van der Waals surface area contributed by atoms with Gasteiger partial charge in [0.15, 0.2) is 0 Å². The molecule has 1 aliphatic heterocycles. The molecule has 0 aromatic carbocycles. The van der Waals surface area contributed by atoms with Crippen LogP contribution in [-0.4, -0.2) is 46.6 Å². The minimum absolute atomic E-state index is 0.103. The first-order chi connectivity index (χ1) is 12.8. The Kier molecular flexibility index (Phi) is 5.06. The second kappa shape index (κ2) is 7.61. The molecule has 2 fully saturated rings. The molecule has 2 aromatic heterocycles. The molecule has 1 aliphatic carbocycles. The van der Waals surface area contributed by atoms with E-state index in [1.165, 1.54) is 12.8 Å². The number of nitrogens with zero attached hydrogens (tertiary/aromatic N) is 3. The Morgan fingerprint density at radius 3 is 3.04 bits per heavy atom. The van der Waals surface area contributed by atoms with Crippen LogP contribution in [0.15, 0.2) is 18.6 Å². The number of hydrogen-bond donors (Lipinski definition) is 3. The van der Waals surface area contributed by atoms with E-state index in [2.05, 4.69) is 42.7 Å². The van der Waals surface area contributed by atoms with Crippen molar-refractivity contribution in [1.82, 2.24) is 25.2 Å². The highest BCUT2D eigenvalue weighted by molar-refractivity contribution is 5.87. The number of anilines is 1. The van der Waals surface area contributed by atoms with Crippen LogP contribution in [0.1, 0.15) is 44.6 Å². The van der Waals surface area contributed by atoms with Crippen molar-refractivity contribution in [3.63, 3.8) is 0 Å².